The number of imidazole rings is 1. The van der Waals surface area contributed by atoms with Crippen molar-refractivity contribution in [3.8, 4) is 11.4 Å². The van der Waals surface area contributed by atoms with Gasteiger partial charge < -0.3 is 9.97 Å². The lowest BCUT2D eigenvalue weighted by Gasteiger charge is -2.00. The third-order valence-electron chi connectivity index (χ3n) is 3.89. The number of fused-ring (bicyclic) bond motifs is 1. The topological polar surface area (TPSA) is 109 Å². The third kappa shape index (κ3) is 2.97. The zero-order valence-electron chi connectivity index (χ0n) is 13.4. The molecule has 0 atom stereocenters. The Morgan fingerprint density at radius 2 is 1.84 bits per heavy atom. The number of aromatic nitrogens is 6. The summed E-state index contributed by atoms with van der Waals surface area (Å²) in [6.45, 7) is 1.97. The Morgan fingerprint density at radius 3 is 2.64 bits per heavy atom. The molecule has 0 spiro atoms. The number of aromatic amines is 2. The summed E-state index contributed by atoms with van der Waals surface area (Å²) in [6.07, 6.45) is 0. The lowest BCUT2D eigenvalue weighted by atomic mass is 10.1. The Balaban J connectivity index is 1.55. The number of hydrogen-bond acceptors (Lipinski definition) is 5. The van der Waals surface area contributed by atoms with Crippen LogP contribution < -0.4 is 5.69 Å². The number of tetrazole rings is 1. The van der Waals surface area contributed by atoms with Crippen LogP contribution in [0.2, 0.25) is 0 Å². The van der Waals surface area contributed by atoms with Crippen LogP contribution in [0.15, 0.2) is 47.3 Å². The van der Waals surface area contributed by atoms with Crippen LogP contribution in [0, 0.1) is 6.92 Å². The summed E-state index contributed by atoms with van der Waals surface area (Å²) >= 11 is 0. The molecule has 2 heterocycles. The van der Waals surface area contributed by atoms with E-state index in [0.717, 1.165) is 11.1 Å². The van der Waals surface area contributed by atoms with Crippen LogP contribution in [0.3, 0.4) is 0 Å². The highest BCUT2D eigenvalue weighted by Gasteiger charge is 2.12. The van der Waals surface area contributed by atoms with E-state index in [-0.39, 0.29) is 18.0 Å². The molecule has 2 N–H and O–H groups in total. The molecule has 0 fully saturated rings. The minimum absolute atomic E-state index is 0.0287. The molecule has 2 aromatic heterocycles. The largest absolute Gasteiger partial charge is 0.323 e. The van der Waals surface area contributed by atoms with E-state index < -0.39 is 0 Å². The van der Waals surface area contributed by atoms with E-state index >= 15 is 0 Å². The summed E-state index contributed by atoms with van der Waals surface area (Å²) in [5.41, 5.74) is 3.39. The minimum Gasteiger partial charge on any atom is -0.306 e. The molecule has 0 amide bonds. The van der Waals surface area contributed by atoms with Gasteiger partial charge in [0.1, 0.15) is 6.54 Å². The molecule has 0 aliphatic rings. The van der Waals surface area contributed by atoms with Crippen molar-refractivity contribution in [2.45, 2.75) is 13.5 Å². The zero-order valence-corrected chi connectivity index (χ0v) is 13.4. The average molecular weight is 334 g/mol. The number of rotatable bonds is 4. The first-order chi connectivity index (χ1) is 12.1. The first-order valence-electron chi connectivity index (χ1n) is 7.68. The first kappa shape index (κ1) is 15.0. The van der Waals surface area contributed by atoms with E-state index in [0.29, 0.717) is 22.4 Å². The van der Waals surface area contributed by atoms with Gasteiger partial charge in [-0.25, -0.2) is 4.79 Å². The van der Waals surface area contributed by atoms with Gasteiger partial charge in [0, 0.05) is 11.1 Å². The molecule has 0 radical (unpaired) electrons. The number of benzene rings is 2. The Morgan fingerprint density at radius 1 is 1.08 bits per heavy atom. The molecule has 0 bridgehead atoms. The number of carbonyl (C=O) groups is 1. The SMILES string of the molecule is Cc1ccc(-c2nnn(CC(=O)c3ccc4[nH]c(=O)[nH]c4c3)n2)cc1. The van der Waals surface area contributed by atoms with Gasteiger partial charge in [0.15, 0.2) is 5.78 Å². The summed E-state index contributed by atoms with van der Waals surface area (Å²) in [6, 6.07) is 12.7. The van der Waals surface area contributed by atoms with Crippen molar-refractivity contribution in [3.63, 3.8) is 0 Å². The number of nitrogens with one attached hydrogen (secondary N) is 2. The van der Waals surface area contributed by atoms with Crippen LogP contribution in [0.5, 0.6) is 0 Å². The van der Waals surface area contributed by atoms with Crippen molar-refractivity contribution in [1.29, 1.82) is 0 Å². The van der Waals surface area contributed by atoms with Crippen molar-refractivity contribution < 1.29 is 4.79 Å². The van der Waals surface area contributed by atoms with E-state index in [1.54, 1.807) is 18.2 Å². The summed E-state index contributed by atoms with van der Waals surface area (Å²) < 4.78 is 0. The molecule has 8 heteroatoms. The molecule has 0 aliphatic carbocycles. The van der Waals surface area contributed by atoms with Gasteiger partial charge in [-0.3, -0.25) is 4.79 Å². The van der Waals surface area contributed by atoms with Crippen molar-refractivity contribution in [2.24, 2.45) is 0 Å². The first-order valence-corrected chi connectivity index (χ1v) is 7.68. The second-order valence-electron chi connectivity index (χ2n) is 5.77. The summed E-state index contributed by atoms with van der Waals surface area (Å²) in [5, 5.41) is 12.2. The Labute approximate surface area is 141 Å². The van der Waals surface area contributed by atoms with Crippen LogP contribution in [0.25, 0.3) is 22.4 Å². The second-order valence-corrected chi connectivity index (χ2v) is 5.77. The smallest absolute Gasteiger partial charge is 0.306 e. The number of aryl methyl sites for hydroxylation is 1. The van der Waals surface area contributed by atoms with E-state index in [9.17, 15) is 9.59 Å². The van der Waals surface area contributed by atoms with Gasteiger partial charge >= 0.3 is 5.69 Å². The maximum Gasteiger partial charge on any atom is 0.323 e. The predicted molar refractivity (Wildman–Crippen MR) is 91.2 cm³/mol. The number of Topliss-reactive ketones (excluding diaryl/α,β-unsaturated/α-hetero) is 1. The van der Waals surface area contributed by atoms with Gasteiger partial charge in [0.25, 0.3) is 0 Å². The maximum absolute atomic E-state index is 12.4. The van der Waals surface area contributed by atoms with Crippen molar-refractivity contribution in [2.75, 3.05) is 0 Å². The molecule has 8 nitrogen and oxygen atoms in total. The number of ketones is 1. The molecule has 4 aromatic rings. The molecular weight excluding hydrogens is 320 g/mol. The van der Waals surface area contributed by atoms with Crippen LogP contribution in [0.1, 0.15) is 15.9 Å². The van der Waals surface area contributed by atoms with Crippen molar-refractivity contribution in [1.82, 2.24) is 30.2 Å². The van der Waals surface area contributed by atoms with E-state index in [1.165, 1.54) is 4.80 Å². The minimum atomic E-state index is -0.305. The van der Waals surface area contributed by atoms with Gasteiger partial charge in [-0.05, 0) is 30.3 Å². The van der Waals surface area contributed by atoms with E-state index in [1.807, 2.05) is 31.2 Å². The fourth-order valence-electron chi connectivity index (χ4n) is 2.55. The van der Waals surface area contributed by atoms with Crippen molar-refractivity contribution in [3.05, 3.63) is 64.1 Å². The molecule has 124 valence electrons. The Bertz CT molecular complexity index is 1120. The number of nitrogens with zero attached hydrogens (tertiary/aromatic N) is 4. The Kier molecular flexibility index (Phi) is 3.50. The second kappa shape index (κ2) is 5.82. The Hall–Kier alpha value is -3.55. The van der Waals surface area contributed by atoms with Crippen LogP contribution in [-0.2, 0) is 6.54 Å². The molecule has 0 aliphatic heterocycles. The molecular formula is C17H14N6O2. The number of hydrogen-bond donors (Lipinski definition) is 2. The fraction of sp³-hybridized carbons (Fsp3) is 0.118. The van der Waals surface area contributed by atoms with E-state index in [2.05, 4.69) is 25.4 Å². The van der Waals surface area contributed by atoms with Gasteiger partial charge in [-0.15, -0.1) is 10.2 Å². The highest BCUT2D eigenvalue weighted by atomic mass is 16.1. The molecule has 4 rings (SSSR count). The average Bonchev–Trinajstić information content (AvgIpc) is 3.20. The molecule has 2 aromatic carbocycles. The molecule has 0 saturated heterocycles. The standard InChI is InChI=1S/C17H14N6O2/c1-10-2-4-11(5-3-10)16-20-22-23(21-16)9-15(24)12-6-7-13-14(8-12)19-17(25)18-13/h2-8H,9H2,1H3,(H2,18,19,25). The summed E-state index contributed by atoms with van der Waals surface area (Å²) in [7, 11) is 0. The summed E-state index contributed by atoms with van der Waals surface area (Å²) in [4.78, 5) is 30.3. The van der Waals surface area contributed by atoms with Crippen LogP contribution in [-0.4, -0.2) is 36.0 Å². The van der Waals surface area contributed by atoms with Crippen molar-refractivity contribution >= 4 is 16.8 Å². The van der Waals surface area contributed by atoms with Gasteiger partial charge in [-0.2, -0.15) is 4.80 Å². The normalized spacial score (nSPS) is 11.1. The van der Waals surface area contributed by atoms with Gasteiger partial charge in [-0.1, -0.05) is 29.8 Å². The number of H-pyrrole nitrogens is 2. The highest BCUT2D eigenvalue weighted by Crippen LogP contribution is 2.15. The summed E-state index contributed by atoms with van der Waals surface area (Å²) in [5.74, 6) is 0.301. The van der Waals surface area contributed by atoms with E-state index in [4.69, 9.17) is 0 Å². The molecule has 0 saturated carbocycles. The molecule has 0 unspecified atom stereocenters. The van der Waals surface area contributed by atoms with Crippen LogP contribution >= 0.6 is 0 Å². The van der Waals surface area contributed by atoms with Gasteiger partial charge in [0.2, 0.25) is 5.82 Å². The fourth-order valence-corrected chi connectivity index (χ4v) is 2.55. The number of carbonyl (C=O) groups excluding carboxylic acids is 1. The maximum atomic E-state index is 12.4. The molecule has 25 heavy (non-hydrogen) atoms. The predicted octanol–water partition coefficient (Wildman–Crippen LogP) is 1.70. The van der Waals surface area contributed by atoms with Crippen LogP contribution in [0.4, 0.5) is 0 Å². The zero-order chi connectivity index (χ0) is 17.4. The lowest BCUT2D eigenvalue weighted by molar-refractivity contribution is 0.0961. The quantitative estimate of drug-likeness (QED) is 0.552. The lowest BCUT2D eigenvalue weighted by Crippen LogP contribution is -2.13. The highest BCUT2D eigenvalue weighted by molar-refractivity contribution is 5.98. The van der Waals surface area contributed by atoms with Gasteiger partial charge in [0.05, 0.1) is 11.0 Å². The third-order valence-corrected chi connectivity index (χ3v) is 3.89. The monoisotopic (exact) mass is 334 g/mol.